The maximum absolute atomic E-state index is 13.2. The van der Waals surface area contributed by atoms with Crippen LogP contribution in [0.4, 0.5) is 23.2 Å². The number of fused-ring (bicyclic) bond motifs is 1. The van der Waals surface area contributed by atoms with Crippen molar-refractivity contribution in [1.29, 1.82) is 0 Å². The summed E-state index contributed by atoms with van der Waals surface area (Å²) in [7, 11) is 0. The number of hydrogen-bond acceptors (Lipinski definition) is 2. The largest absolute Gasteiger partial charge is 0.424 e. The molecule has 7 heteroatoms. The van der Waals surface area contributed by atoms with Gasteiger partial charge in [0.15, 0.2) is 0 Å². The molecule has 3 rings (SSSR count). The number of alkyl halides is 4. The zero-order chi connectivity index (χ0) is 21.2. The number of anilines is 1. The lowest BCUT2D eigenvalue weighted by Crippen LogP contribution is -2.44. The highest BCUT2D eigenvalue weighted by Gasteiger charge is 2.55. The van der Waals surface area contributed by atoms with Gasteiger partial charge in [0.1, 0.15) is 6.67 Å². The van der Waals surface area contributed by atoms with E-state index in [9.17, 15) is 27.5 Å². The summed E-state index contributed by atoms with van der Waals surface area (Å²) in [6.07, 6.45) is -3.31. The minimum Gasteiger partial charge on any atom is -0.374 e. The number of aliphatic hydroxyl groups is 1. The van der Waals surface area contributed by atoms with E-state index in [0.717, 1.165) is 11.6 Å². The average molecular weight is 409 g/mol. The molecule has 2 atom stereocenters. The van der Waals surface area contributed by atoms with Crippen LogP contribution in [-0.2, 0) is 16.8 Å². The van der Waals surface area contributed by atoms with Gasteiger partial charge in [0.25, 0.3) is 0 Å². The van der Waals surface area contributed by atoms with Gasteiger partial charge in [-0.1, -0.05) is 42.5 Å². The molecule has 0 spiro atoms. The highest BCUT2D eigenvalue weighted by Crippen LogP contribution is 2.41. The summed E-state index contributed by atoms with van der Waals surface area (Å²) in [4.78, 5) is 14.7. The van der Waals surface area contributed by atoms with E-state index in [0.29, 0.717) is 37.1 Å². The Hall–Kier alpha value is -2.41. The van der Waals surface area contributed by atoms with Crippen molar-refractivity contribution in [2.24, 2.45) is 0 Å². The van der Waals surface area contributed by atoms with Crippen LogP contribution < -0.4 is 4.90 Å². The molecule has 1 heterocycles. The summed E-state index contributed by atoms with van der Waals surface area (Å²) in [6.45, 7) is 0.278. The van der Waals surface area contributed by atoms with Crippen LogP contribution in [0, 0.1) is 0 Å². The van der Waals surface area contributed by atoms with Crippen molar-refractivity contribution in [1.82, 2.24) is 0 Å². The van der Waals surface area contributed by atoms with Crippen molar-refractivity contribution in [3.05, 3.63) is 65.2 Å². The topological polar surface area (TPSA) is 40.5 Å². The predicted octanol–water partition coefficient (Wildman–Crippen LogP) is 4.88. The van der Waals surface area contributed by atoms with E-state index in [1.165, 1.54) is 12.1 Å². The molecule has 0 saturated heterocycles. The van der Waals surface area contributed by atoms with Crippen molar-refractivity contribution in [2.75, 3.05) is 18.1 Å². The van der Waals surface area contributed by atoms with E-state index in [-0.39, 0.29) is 5.91 Å². The lowest BCUT2D eigenvalue weighted by molar-refractivity contribution is -0.271. The van der Waals surface area contributed by atoms with Crippen molar-refractivity contribution < 1.29 is 27.5 Å². The average Bonchev–Trinajstić information content (AvgIpc) is 2.93. The number of halogens is 4. The third-order valence-electron chi connectivity index (χ3n) is 5.52. The molecule has 0 radical (unpaired) electrons. The standard InChI is InChI=1S/C22H23F4NO2/c1-15(16-7-3-2-4-8-16)20(28)27-12-6-5-9-17-13-18(10-11-19(17)27)21(29,14-23)22(24,25)26/h2-4,7-8,10-11,13,15,29H,5-6,9,12,14H2,1H3/t15-,21?/m1/s1. The SMILES string of the molecule is C[C@@H](C(=O)N1CCCCc2cc(C(O)(CF)C(F)(F)F)ccc21)c1ccccc1. The van der Waals surface area contributed by atoms with Crippen molar-refractivity contribution in [3.8, 4) is 0 Å². The van der Waals surface area contributed by atoms with Crippen molar-refractivity contribution >= 4 is 11.6 Å². The predicted molar refractivity (Wildman–Crippen MR) is 103 cm³/mol. The quantitative estimate of drug-likeness (QED) is 0.732. The van der Waals surface area contributed by atoms with Crippen LogP contribution in [0.25, 0.3) is 0 Å². The highest BCUT2D eigenvalue weighted by atomic mass is 19.4. The molecule has 2 aromatic carbocycles. The summed E-state index contributed by atoms with van der Waals surface area (Å²) < 4.78 is 52.9. The van der Waals surface area contributed by atoms with Gasteiger partial charge in [-0.25, -0.2) is 4.39 Å². The normalized spacial score (nSPS) is 17.8. The van der Waals surface area contributed by atoms with Crippen LogP contribution in [0.15, 0.2) is 48.5 Å². The fourth-order valence-electron chi connectivity index (χ4n) is 3.68. The lowest BCUT2D eigenvalue weighted by atomic mass is 9.91. The van der Waals surface area contributed by atoms with Crippen LogP contribution >= 0.6 is 0 Å². The molecule has 1 N–H and O–H groups in total. The van der Waals surface area contributed by atoms with Gasteiger partial charge in [0.2, 0.25) is 11.5 Å². The molecule has 0 aromatic heterocycles. The molecule has 0 bridgehead atoms. The Morgan fingerprint density at radius 3 is 2.45 bits per heavy atom. The Morgan fingerprint density at radius 1 is 1.14 bits per heavy atom. The van der Waals surface area contributed by atoms with E-state index in [2.05, 4.69) is 0 Å². The molecule has 156 valence electrons. The zero-order valence-electron chi connectivity index (χ0n) is 16.0. The molecule has 29 heavy (non-hydrogen) atoms. The molecule has 0 saturated carbocycles. The lowest BCUT2D eigenvalue weighted by Gasteiger charge is -2.30. The number of benzene rings is 2. The molecular formula is C22H23F4NO2. The Labute approximate surface area is 167 Å². The van der Waals surface area contributed by atoms with E-state index < -0.39 is 29.9 Å². The highest BCUT2D eigenvalue weighted by molar-refractivity contribution is 5.98. The third-order valence-corrected chi connectivity index (χ3v) is 5.52. The van der Waals surface area contributed by atoms with Gasteiger partial charge in [0.05, 0.1) is 5.92 Å². The Balaban J connectivity index is 1.98. The fraction of sp³-hybridized carbons (Fsp3) is 0.409. The molecule has 1 unspecified atom stereocenters. The number of nitrogens with zero attached hydrogens (tertiary/aromatic N) is 1. The minimum absolute atomic E-state index is 0.149. The Kier molecular flexibility index (Phi) is 5.98. The van der Waals surface area contributed by atoms with E-state index >= 15 is 0 Å². The summed E-state index contributed by atoms with van der Waals surface area (Å²) in [5, 5.41) is 9.93. The number of carbonyl (C=O) groups excluding carboxylic acids is 1. The number of rotatable bonds is 4. The van der Waals surface area contributed by atoms with Crippen LogP contribution in [0.2, 0.25) is 0 Å². The first-order chi connectivity index (χ1) is 13.7. The van der Waals surface area contributed by atoms with Gasteiger partial charge in [-0.05, 0) is 48.9 Å². The van der Waals surface area contributed by atoms with Gasteiger partial charge in [-0.3, -0.25) is 4.79 Å². The molecule has 3 nitrogen and oxygen atoms in total. The maximum Gasteiger partial charge on any atom is 0.424 e. The van der Waals surface area contributed by atoms with Crippen LogP contribution in [0.3, 0.4) is 0 Å². The van der Waals surface area contributed by atoms with Gasteiger partial charge < -0.3 is 10.0 Å². The van der Waals surface area contributed by atoms with E-state index in [1.54, 1.807) is 11.8 Å². The van der Waals surface area contributed by atoms with E-state index in [4.69, 9.17) is 0 Å². The van der Waals surface area contributed by atoms with Crippen LogP contribution in [0.5, 0.6) is 0 Å². The molecule has 1 aliphatic heterocycles. The van der Waals surface area contributed by atoms with Crippen molar-refractivity contribution in [3.63, 3.8) is 0 Å². The van der Waals surface area contributed by atoms with Crippen molar-refractivity contribution in [2.45, 2.75) is 43.9 Å². The fourth-order valence-corrected chi connectivity index (χ4v) is 3.68. The first-order valence-electron chi connectivity index (χ1n) is 9.54. The number of hydrogen-bond donors (Lipinski definition) is 1. The second-order valence-electron chi connectivity index (χ2n) is 7.41. The number of amides is 1. The van der Waals surface area contributed by atoms with Crippen LogP contribution in [-0.4, -0.2) is 30.4 Å². The van der Waals surface area contributed by atoms with Gasteiger partial charge >= 0.3 is 6.18 Å². The minimum atomic E-state index is -5.14. The van der Waals surface area contributed by atoms with Gasteiger partial charge in [-0.15, -0.1) is 0 Å². The second kappa shape index (κ2) is 8.14. The second-order valence-corrected chi connectivity index (χ2v) is 7.41. The zero-order valence-corrected chi connectivity index (χ0v) is 16.0. The van der Waals surface area contributed by atoms with E-state index in [1.807, 2.05) is 30.3 Å². The number of aryl methyl sites for hydroxylation is 1. The molecule has 1 aliphatic rings. The summed E-state index contributed by atoms with van der Waals surface area (Å²) in [5.74, 6) is -0.566. The summed E-state index contributed by atoms with van der Waals surface area (Å²) in [6, 6.07) is 12.9. The summed E-state index contributed by atoms with van der Waals surface area (Å²) in [5.41, 5.74) is -2.23. The molecular weight excluding hydrogens is 386 g/mol. The Morgan fingerprint density at radius 2 is 1.83 bits per heavy atom. The van der Waals surface area contributed by atoms with Crippen LogP contribution in [0.1, 0.15) is 42.4 Å². The number of carbonyl (C=O) groups is 1. The molecule has 1 amide bonds. The molecule has 0 aliphatic carbocycles. The van der Waals surface area contributed by atoms with Gasteiger partial charge in [-0.2, -0.15) is 13.2 Å². The summed E-state index contributed by atoms with van der Waals surface area (Å²) >= 11 is 0. The maximum atomic E-state index is 13.2. The molecule has 2 aromatic rings. The van der Waals surface area contributed by atoms with Gasteiger partial charge in [0, 0.05) is 12.2 Å². The monoisotopic (exact) mass is 409 g/mol. The third kappa shape index (κ3) is 4.01. The molecule has 0 fully saturated rings. The Bertz CT molecular complexity index is 869. The first-order valence-corrected chi connectivity index (χ1v) is 9.54. The first kappa shape index (κ1) is 21.3. The smallest absolute Gasteiger partial charge is 0.374 e.